The number of nitrogens with zero attached hydrogens (tertiary/aromatic N) is 4. The molecule has 0 aliphatic carbocycles. The number of methoxy groups -OCH3 is 1. The monoisotopic (exact) mass is 660 g/mol. The zero-order valence-electron chi connectivity index (χ0n) is 24.5. The molecule has 0 unspecified atom stereocenters. The van der Waals surface area contributed by atoms with E-state index in [4.69, 9.17) is 26.1 Å². The zero-order chi connectivity index (χ0) is 31.0. The van der Waals surface area contributed by atoms with Crippen LogP contribution in [0.1, 0.15) is 5.56 Å². The summed E-state index contributed by atoms with van der Waals surface area (Å²) in [5.41, 5.74) is 10.2. The third-order valence-electron chi connectivity index (χ3n) is 7.98. The number of thiophene rings is 2. The highest BCUT2D eigenvalue weighted by Crippen LogP contribution is 2.42. The standard InChI is InChI=1S/C35H25ClN6O2S2/c1-43-28-16-23(36)6-7-26(28)33-31-29(22-11-15-46-19-22)20(17-38-35(31)42-40-33)9-13-44-27-5-3-2-4-25(27)32-30-24(21-10-14-45-18-21)8-12-37-34(30)41-39-32/h2-8,10-12,14-19H,9,13H2,1H3,(H,37,39,41)(H,38,40,42). The Balaban J connectivity index is 1.16. The van der Waals surface area contributed by atoms with Crippen LogP contribution in [0.15, 0.2) is 94.6 Å². The fourth-order valence-electron chi connectivity index (χ4n) is 5.89. The average molecular weight is 661 g/mol. The van der Waals surface area contributed by atoms with E-state index in [0.717, 1.165) is 66.9 Å². The Kier molecular flexibility index (Phi) is 7.45. The minimum atomic E-state index is 0.431. The topological polar surface area (TPSA) is 102 Å². The predicted molar refractivity (Wildman–Crippen MR) is 186 cm³/mol. The van der Waals surface area contributed by atoms with Crippen LogP contribution in [0.4, 0.5) is 0 Å². The van der Waals surface area contributed by atoms with Crippen molar-refractivity contribution in [3.8, 4) is 56.3 Å². The molecule has 6 aromatic heterocycles. The van der Waals surface area contributed by atoms with E-state index in [1.54, 1.807) is 42.0 Å². The third kappa shape index (κ3) is 5.00. The van der Waals surface area contributed by atoms with Gasteiger partial charge in [-0.1, -0.05) is 23.7 Å². The van der Waals surface area contributed by atoms with E-state index in [9.17, 15) is 0 Å². The number of rotatable bonds is 9. The van der Waals surface area contributed by atoms with Gasteiger partial charge in [-0.15, -0.1) is 0 Å². The minimum absolute atomic E-state index is 0.431. The molecule has 0 aliphatic heterocycles. The highest BCUT2D eigenvalue weighted by Gasteiger charge is 2.22. The maximum atomic E-state index is 6.53. The first-order chi connectivity index (χ1) is 22.7. The molecule has 2 aromatic carbocycles. The molecule has 0 atom stereocenters. The molecule has 8 rings (SSSR count). The minimum Gasteiger partial charge on any atom is -0.496 e. The zero-order valence-corrected chi connectivity index (χ0v) is 26.8. The third-order valence-corrected chi connectivity index (χ3v) is 9.58. The highest BCUT2D eigenvalue weighted by atomic mass is 35.5. The first-order valence-electron chi connectivity index (χ1n) is 14.5. The molecule has 226 valence electrons. The summed E-state index contributed by atoms with van der Waals surface area (Å²) >= 11 is 9.60. The molecule has 0 amide bonds. The van der Waals surface area contributed by atoms with Gasteiger partial charge in [-0.3, -0.25) is 10.2 Å². The second-order valence-corrected chi connectivity index (χ2v) is 12.6. The quantitative estimate of drug-likeness (QED) is 0.160. The van der Waals surface area contributed by atoms with Crippen LogP contribution in [-0.4, -0.2) is 44.1 Å². The molecule has 6 heterocycles. The van der Waals surface area contributed by atoms with Gasteiger partial charge in [-0.2, -0.15) is 32.9 Å². The van der Waals surface area contributed by atoms with Gasteiger partial charge in [0, 0.05) is 40.5 Å². The number of H-pyrrole nitrogens is 2. The normalized spacial score (nSPS) is 11.4. The van der Waals surface area contributed by atoms with Gasteiger partial charge in [0.05, 0.1) is 35.9 Å². The van der Waals surface area contributed by atoms with Crippen molar-refractivity contribution in [1.29, 1.82) is 0 Å². The van der Waals surface area contributed by atoms with Crippen molar-refractivity contribution < 1.29 is 9.47 Å². The van der Waals surface area contributed by atoms with Gasteiger partial charge >= 0.3 is 0 Å². The van der Waals surface area contributed by atoms with E-state index >= 15 is 0 Å². The van der Waals surface area contributed by atoms with Gasteiger partial charge in [-0.05, 0) is 92.3 Å². The summed E-state index contributed by atoms with van der Waals surface area (Å²) in [5.74, 6) is 1.41. The number of hydrogen-bond acceptors (Lipinski definition) is 8. The number of aromatic nitrogens is 6. The van der Waals surface area contributed by atoms with E-state index in [2.05, 4.69) is 59.0 Å². The van der Waals surface area contributed by atoms with Gasteiger partial charge in [-0.25, -0.2) is 9.97 Å². The lowest BCUT2D eigenvalue weighted by molar-refractivity contribution is 0.323. The molecule has 0 saturated carbocycles. The van der Waals surface area contributed by atoms with Crippen LogP contribution >= 0.6 is 34.3 Å². The average Bonchev–Trinajstić information content (AvgIpc) is 3.92. The van der Waals surface area contributed by atoms with Gasteiger partial charge in [0.2, 0.25) is 0 Å². The molecule has 0 aliphatic rings. The second-order valence-electron chi connectivity index (χ2n) is 10.6. The van der Waals surface area contributed by atoms with Crippen LogP contribution in [0, 0.1) is 0 Å². The maximum Gasteiger partial charge on any atom is 0.182 e. The fraction of sp³-hybridized carbons (Fsp3) is 0.0857. The lowest BCUT2D eigenvalue weighted by Crippen LogP contribution is -2.05. The number of halogens is 1. The summed E-state index contributed by atoms with van der Waals surface area (Å²) in [5, 5.41) is 26.5. The summed E-state index contributed by atoms with van der Waals surface area (Å²) in [6.07, 6.45) is 4.32. The molecule has 2 N–H and O–H groups in total. The van der Waals surface area contributed by atoms with E-state index < -0.39 is 0 Å². The SMILES string of the molecule is COc1cc(Cl)ccc1-c1[nH]nc2ncc(CCOc3ccccc3-c3[nH]nc4nccc(-c5ccsc5)c34)c(-c3ccsc3)c12. The lowest BCUT2D eigenvalue weighted by atomic mass is 9.95. The maximum absolute atomic E-state index is 6.53. The number of nitrogens with one attached hydrogen (secondary N) is 2. The summed E-state index contributed by atoms with van der Waals surface area (Å²) in [4.78, 5) is 9.26. The highest BCUT2D eigenvalue weighted by molar-refractivity contribution is 7.08. The van der Waals surface area contributed by atoms with E-state index in [0.29, 0.717) is 35.1 Å². The largest absolute Gasteiger partial charge is 0.496 e. The molecule has 46 heavy (non-hydrogen) atoms. The van der Waals surface area contributed by atoms with Crippen molar-refractivity contribution in [1.82, 2.24) is 30.4 Å². The Hall–Kier alpha value is -5.03. The van der Waals surface area contributed by atoms with Crippen LogP contribution in [-0.2, 0) is 6.42 Å². The molecule has 11 heteroatoms. The van der Waals surface area contributed by atoms with Crippen LogP contribution in [0.3, 0.4) is 0 Å². The Morgan fingerprint density at radius 3 is 2.28 bits per heavy atom. The Morgan fingerprint density at radius 1 is 0.761 bits per heavy atom. The first-order valence-corrected chi connectivity index (χ1v) is 16.8. The van der Waals surface area contributed by atoms with E-state index in [1.807, 2.05) is 48.7 Å². The van der Waals surface area contributed by atoms with Crippen molar-refractivity contribution in [2.45, 2.75) is 6.42 Å². The number of ether oxygens (including phenoxy) is 2. The Bertz CT molecular complexity index is 2310. The van der Waals surface area contributed by atoms with Crippen LogP contribution in [0.2, 0.25) is 5.02 Å². The Labute approximate surface area is 276 Å². The number of benzene rings is 2. The number of aromatic amines is 2. The molecular formula is C35H25ClN6O2S2. The van der Waals surface area contributed by atoms with Crippen LogP contribution < -0.4 is 9.47 Å². The molecule has 0 saturated heterocycles. The number of pyridine rings is 2. The molecule has 0 bridgehead atoms. The first kappa shape index (κ1) is 28.4. The van der Waals surface area contributed by atoms with Gasteiger partial charge in [0.1, 0.15) is 11.5 Å². The van der Waals surface area contributed by atoms with E-state index in [-0.39, 0.29) is 0 Å². The summed E-state index contributed by atoms with van der Waals surface area (Å²) in [6.45, 7) is 0.431. The second kappa shape index (κ2) is 12.1. The molecule has 0 spiro atoms. The van der Waals surface area contributed by atoms with Crippen molar-refractivity contribution >= 4 is 56.3 Å². The Morgan fingerprint density at radius 2 is 1.50 bits per heavy atom. The molecular weight excluding hydrogens is 636 g/mol. The number of fused-ring (bicyclic) bond motifs is 2. The van der Waals surface area contributed by atoms with Gasteiger partial charge in [0.15, 0.2) is 11.3 Å². The van der Waals surface area contributed by atoms with Crippen molar-refractivity contribution in [2.75, 3.05) is 13.7 Å². The predicted octanol–water partition coefficient (Wildman–Crippen LogP) is 9.30. The van der Waals surface area contributed by atoms with Gasteiger partial charge < -0.3 is 9.47 Å². The lowest BCUT2D eigenvalue weighted by Gasteiger charge is -2.14. The van der Waals surface area contributed by atoms with Crippen LogP contribution in [0.25, 0.3) is 66.8 Å². The fourth-order valence-corrected chi connectivity index (χ4v) is 7.35. The molecule has 0 fully saturated rings. The molecule has 8 aromatic rings. The number of hydrogen-bond donors (Lipinski definition) is 2. The molecule has 8 nitrogen and oxygen atoms in total. The summed E-state index contributed by atoms with van der Waals surface area (Å²) in [7, 11) is 1.64. The summed E-state index contributed by atoms with van der Waals surface area (Å²) < 4.78 is 12.2. The van der Waals surface area contributed by atoms with Crippen molar-refractivity contribution in [2.24, 2.45) is 0 Å². The van der Waals surface area contributed by atoms with Gasteiger partial charge in [0.25, 0.3) is 0 Å². The van der Waals surface area contributed by atoms with Crippen molar-refractivity contribution in [3.05, 3.63) is 105 Å². The van der Waals surface area contributed by atoms with Crippen molar-refractivity contribution in [3.63, 3.8) is 0 Å². The van der Waals surface area contributed by atoms with E-state index in [1.165, 1.54) is 0 Å². The summed E-state index contributed by atoms with van der Waals surface area (Å²) in [6, 6.07) is 19.9. The van der Waals surface area contributed by atoms with Crippen LogP contribution in [0.5, 0.6) is 11.5 Å². The smallest absolute Gasteiger partial charge is 0.182 e. The number of para-hydroxylation sites is 1. The molecule has 0 radical (unpaired) electrons.